The lowest BCUT2D eigenvalue weighted by Crippen LogP contribution is -2.46. The van der Waals surface area contributed by atoms with Gasteiger partial charge in [-0.25, -0.2) is 4.39 Å². The normalized spacial score (nSPS) is 13.4. The Bertz CT molecular complexity index is 433. The first kappa shape index (κ1) is 15.3. The number of carboxylic acid groups (broad SMARTS) is 1. The molecule has 6 heteroatoms. The van der Waals surface area contributed by atoms with Gasteiger partial charge in [-0.3, -0.25) is 4.79 Å². The molecule has 0 heterocycles. The average molecular weight is 292 g/mol. The average Bonchev–Trinajstić information content (AvgIpc) is 2.27. The quantitative estimate of drug-likeness (QED) is 0.875. The highest BCUT2D eigenvalue weighted by molar-refractivity contribution is 7.99. The van der Waals surface area contributed by atoms with Gasteiger partial charge in [-0.15, -0.1) is 11.8 Å². The Morgan fingerprint density at radius 1 is 1.61 bits per heavy atom. The molecule has 0 bridgehead atoms. The summed E-state index contributed by atoms with van der Waals surface area (Å²) in [7, 11) is 0. The molecule has 1 aromatic carbocycles. The number of halogens is 2. The lowest BCUT2D eigenvalue weighted by Gasteiger charge is -2.28. The molecule has 1 aromatic rings. The summed E-state index contributed by atoms with van der Waals surface area (Å²) in [4.78, 5) is 10.9. The number of nitrogens with two attached hydrogens (primary N) is 1. The zero-order chi connectivity index (χ0) is 13.9. The largest absolute Gasteiger partial charge is 0.480 e. The summed E-state index contributed by atoms with van der Waals surface area (Å²) >= 11 is 7.17. The minimum atomic E-state index is -1.08. The van der Waals surface area contributed by atoms with Crippen molar-refractivity contribution in [1.29, 1.82) is 0 Å². The fourth-order valence-corrected chi connectivity index (χ4v) is 2.71. The summed E-state index contributed by atoms with van der Waals surface area (Å²) < 4.78 is 12.8. The zero-order valence-corrected chi connectivity index (χ0v) is 11.7. The molecule has 0 saturated carbocycles. The molecule has 3 nitrogen and oxygen atoms in total. The maximum absolute atomic E-state index is 13.5. The number of hydrogen-bond donors (Lipinski definition) is 2. The minimum Gasteiger partial charge on any atom is -0.480 e. The van der Waals surface area contributed by atoms with Gasteiger partial charge in [-0.05, 0) is 26.0 Å². The van der Waals surface area contributed by atoms with Gasteiger partial charge in [0, 0.05) is 21.1 Å². The lowest BCUT2D eigenvalue weighted by molar-refractivity contribution is -0.139. The fourth-order valence-electron chi connectivity index (χ4n) is 1.32. The van der Waals surface area contributed by atoms with E-state index in [1.807, 2.05) is 0 Å². The molecule has 3 N–H and O–H groups in total. The van der Waals surface area contributed by atoms with Gasteiger partial charge in [0.05, 0.1) is 0 Å². The first-order valence-electron chi connectivity index (χ1n) is 5.31. The summed E-state index contributed by atoms with van der Waals surface area (Å²) in [6, 6.07) is 3.43. The van der Waals surface area contributed by atoms with Crippen molar-refractivity contribution in [2.24, 2.45) is 5.73 Å². The van der Waals surface area contributed by atoms with E-state index in [-0.39, 0.29) is 5.75 Å². The molecule has 0 aliphatic carbocycles. The highest BCUT2D eigenvalue weighted by Crippen LogP contribution is 2.33. The number of carbonyl (C=O) groups is 1. The van der Waals surface area contributed by atoms with E-state index in [0.717, 1.165) is 0 Å². The third-order valence-electron chi connectivity index (χ3n) is 2.67. The van der Waals surface area contributed by atoms with E-state index < -0.39 is 22.6 Å². The van der Waals surface area contributed by atoms with Crippen molar-refractivity contribution >= 4 is 29.3 Å². The van der Waals surface area contributed by atoms with Crippen LogP contribution in [0.25, 0.3) is 0 Å². The summed E-state index contributed by atoms with van der Waals surface area (Å²) in [5.41, 5.74) is 5.96. The van der Waals surface area contributed by atoms with Crippen molar-refractivity contribution in [3.05, 3.63) is 34.6 Å². The molecule has 0 amide bonds. The van der Waals surface area contributed by atoms with E-state index in [0.29, 0.717) is 10.6 Å². The Balaban J connectivity index is 2.79. The van der Waals surface area contributed by atoms with Gasteiger partial charge in [0.2, 0.25) is 0 Å². The van der Waals surface area contributed by atoms with E-state index in [1.54, 1.807) is 19.9 Å². The number of hydrogen-bond acceptors (Lipinski definition) is 3. The standard InChI is InChI=1S/C12H15ClFNO2S/c1-12(2,10(15)11(16)17)18-6-7-8(13)4-3-5-9(7)14/h3-5,10H,6,15H2,1-2H3,(H,16,17)/t10-/m0/s1. The van der Waals surface area contributed by atoms with Gasteiger partial charge in [0.1, 0.15) is 11.9 Å². The summed E-state index contributed by atoms with van der Waals surface area (Å²) in [6.45, 7) is 3.43. The Morgan fingerprint density at radius 3 is 2.72 bits per heavy atom. The topological polar surface area (TPSA) is 63.3 Å². The molecule has 100 valence electrons. The third kappa shape index (κ3) is 3.60. The molecule has 0 aromatic heterocycles. The predicted molar refractivity (Wildman–Crippen MR) is 72.4 cm³/mol. The van der Waals surface area contributed by atoms with Crippen LogP contribution in [0.15, 0.2) is 18.2 Å². The molecule has 0 saturated heterocycles. The maximum Gasteiger partial charge on any atom is 0.321 e. The molecule has 0 unspecified atom stereocenters. The van der Waals surface area contributed by atoms with Gasteiger partial charge in [-0.1, -0.05) is 17.7 Å². The van der Waals surface area contributed by atoms with Crippen molar-refractivity contribution in [3.8, 4) is 0 Å². The Morgan fingerprint density at radius 2 is 2.22 bits per heavy atom. The number of thioether (sulfide) groups is 1. The second-order valence-corrected chi connectivity index (χ2v) is 6.44. The van der Waals surface area contributed by atoms with Crippen molar-refractivity contribution in [3.63, 3.8) is 0 Å². The molecule has 0 radical (unpaired) electrons. The molecule has 0 spiro atoms. The molecule has 0 aliphatic rings. The van der Waals surface area contributed by atoms with Crippen LogP contribution in [-0.2, 0) is 10.5 Å². The Labute approximate surface area is 115 Å². The van der Waals surface area contributed by atoms with Crippen LogP contribution in [0.4, 0.5) is 4.39 Å². The number of rotatable bonds is 5. The molecule has 0 aliphatic heterocycles. The zero-order valence-electron chi connectivity index (χ0n) is 10.1. The van der Waals surface area contributed by atoms with Crippen LogP contribution in [0.1, 0.15) is 19.4 Å². The molecule has 1 atom stereocenters. The van der Waals surface area contributed by atoms with E-state index in [2.05, 4.69) is 0 Å². The van der Waals surface area contributed by atoms with Crippen LogP contribution in [-0.4, -0.2) is 21.9 Å². The fraction of sp³-hybridized carbons (Fsp3) is 0.417. The highest BCUT2D eigenvalue weighted by atomic mass is 35.5. The predicted octanol–water partition coefficient (Wildman–Crippen LogP) is 2.90. The van der Waals surface area contributed by atoms with Crippen LogP contribution in [0.5, 0.6) is 0 Å². The first-order valence-corrected chi connectivity index (χ1v) is 6.67. The first-order chi connectivity index (χ1) is 8.25. The number of carboxylic acids is 1. The van der Waals surface area contributed by atoms with E-state index >= 15 is 0 Å². The SMILES string of the molecule is CC(C)(SCc1c(F)cccc1Cl)[C@@H](N)C(=O)O. The summed E-state index contributed by atoms with van der Waals surface area (Å²) in [6.07, 6.45) is 0. The second-order valence-electron chi connectivity index (χ2n) is 4.41. The smallest absolute Gasteiger partial charge is 0.321 e. The van der Waals surface area contributed by atoms with E-state index in [4.69, 9.17) is 22.4 Å². The summed E-state index contributed by atoms with van der Waals surface area (Å²) in [5.74, 6) is -1.19. The molecule has 1 rings (SSSR count). The molecular weight excluding hydrogens is 277 g/mol. The van der Waals surface area contributed by atoms with Gasteiger partial charge >= 0.3 is 5.97 Å². The maximum atomic E-state index is 13.5. The van der Waals surface area contributed by atoms with Crippen molar-refractivity contribution < 1.29 is 14.3 Å². The van der Waals surface area contributed by atoms with Crippen LogP contribution < -0.4 is 5.73 Å². The van der Waals surface area contributed by atoms with Crippen LogP contribution >= 0.6 is 23.4 Å². The second kappa shape index (κ2) is 5.91. The van der Waals surface area contributed by atoms with Crippen molar-refractivity contribution in [1.82, 2.24) is 0 Å². The minimum absolute atomic E-state index is 0.277. The van der Waals surface area contributed by atoms with E-state index in [9.17, 15) is 9.18 Å². The summed E-state index contributed by atoms with van der Waals surface area (Å²) in [5, 5.41) is 9.22. The van der Waals surface area contributed by atoms with Gasteiger partial charge in [-0.2, -0.15) is 0 Å². The number of aliphatic carboxylic acids is 1. The molecular formula is C12H15ClFNO2S. The van der Waals surface area contributed by atoms with Crippen molar-refractivity contribution in [2.45, 2.75) is 30.4 Å². The van der Waals surface area contributed by atoms with E-state index in [1.165, 1.54) is 23.9 Å². The molecule has 0 fully saturated rings. The van der Waals surface area contributed by atoms with Gasteiger partial charge < -0.3 is 10.8 Å². The molecule has 18 heavy (non-hydrogen) atoms. The van der Waals surface area contributed by atoms with Crippen LogP contribution in [0.3, 0.4) is 0 Å². The van der Waals surface area contributed by atoms with Crippen LogP contribution in [0, 0.1) is 5.82 Å². The lowest BCUT2D eigenvalue weighted by atomic mass is 10.1. The monoisotopic (exact) mass is 291 g/mol. The van der Waals surface area contributed by atoms with Gasteiger partial charge in [0.25, 0.3) is 0 Å². The third-order valence-corrected chi connectivity index (χ3v) is 4.45. The Kier molecular flexibility index (Phi) is 5.01. The highest BCUT2D eigenvalue weighted by Gasteiger charge is 2.32. The number of benzene rings is 1. The van der Waals surface area contributed by atoms with Crippen LogP contribution in [0.2, 0.25) is 5.02 Å². The Hall–Kier alpha value is -0.780. The van der Waals surface area contributed by atoms with Gasteiger partial charge in [0.15, 0.2) is 0 Å². The van der Waals surface area contributed by atoms with Crippen molar-refractivity contribution in [2.75, 3.05) is 0 Å².